The number of anilines is 1. The molecule has 2 aliphatic heterocycles. The molecule has 0 radical (unpaired) electrons. The summed E-state index contributed by atoms with van der Waals surface area (Å²) < 4.78 is 18.6. The molecule has 6 nitrogen and oxygen atoms in total. The molecule has 1 atom stereocenters. The Morgan fingerprint density at radius 2 is 1.76 bits per heavy atom. The summed E-state index contributed by atoms with van der Waals surface area (Å²) in [5, 5.41) is 3.45. The van der Waals surface area contributed by atoms with Crippen molar-refractivity contribution in [2.24, 2.45) is 10.9 Å². The second-order valence-corrected chi connectivity index (χ2v) is 7.66. The molecule has 1 unspecified atom stereocenters. The molecule has 29 heavy (non-hydrogen) atoms. The largest absolute Gasteiger partial charge is 0.379 e. The number of nitrogens with one attached hydrogen (secondary N) is 1. The maximum Gasteiger partial charge on any atom is 0.194 e. The van der Waals surface area contributed by atoms with Crippen LogP contribution in [0.15, 0.2) is 29.3 Å². The van der Waals surface area contributed by atoms with E-state index in [0.29, 0.717) is 5.92 Å². The van der Waals surface area contributed by atoms with E-state index in [9.17, 15) is 4.39 Å². The molecule has 1 aromatic rings. The minimum absolute atomic E-state index is 0. The second kappa shape index (κ2) is 12.5. The Labute approximate surface area is 191 Å². The molecular formula is C21H35FIN5O. The third-order valence-electron chi connectivity index (χ3n) is 5.33. The van der Waals surface area contributed by atoms with Gasteiger partial charge in [0.05, 0.1) is 13.2 Å². The fourth-order valence-electron chi connectivity index (χ4n) is 3.78. The van der Waals surface area contributed by atoms with E-state index in [1.54, 1.807) is 0 Å². The number of morpholine rings is 1. The molecule has 1 N–H and O–H groups in total. The highest BCUT2D eigenvalue weighted by molar-refractivity contribution is 14.0. The molecule has 0 spiro atoms. The summed E-state index contributed by atoms with van der Waals surface area (Å²) in [6, 6.07) is 6.78. The first-order chi connectivity index (χ1) is 13.7. The van der Waals surface area contributed by atoms with Gasteiger partial charge in [0.15, 0.2) is 5.96 Å². The molecule has 0 amide bonds. The SMILES string of the molecule is CCNC(=NCC(C)CN1CCOCC1)N1CCN(c2ccc(F)cc2)CC1.I. The average Bonchev–Trinajstić information content (AvgIpc) is 2.73. The van der Waals surface area contributed by atoms with Gasteiger partial charge in [-0.2, -0.15) is 0 Å². The molecule has 0 aliphatic carbocycles. The van der Waals surface area contributed by atoms with Crippen LogP contribution >= 0.6 is 24.0 Å². The molecular weight excluding hydrogens is 484 g/mol. The first-order valence-electron chi connectivity index (χ1n) is 10.5. The molecule has 2 heterocycles. The molecule has 2 aliphatic rings. The normalized spacial score (nSPS) is 19.6. The number of benzene rings is 1. The van der Waals surface area contributed by atoms with Gasteiger partial charge in [0.1, 0.15) is 5.82 Å². The minimum Gasteiger partial charge on any atom is -0.379 e. The third-order valence-corrected chi connectivity index (χ3v) is 5.33. The third kappa shape index (κ3) is 7.57. The van der Waals surface area contributed by atoms with Crippen LogP contribution in [-0.4, -0.2) is 87.9 Å². The number of nitrogens with zero attached hydrogens (tertiary/aromatic N) is 4. The van der Waals surface area contributed by atoms with Gasteiger partial charge in [0, 0.05) is 64.6 Å². The van der Waals surface area contributed by atoms with Gasteiger partial charge in [-0.15, -0.1) is 24.0 Å². The predicted molar refractivity (Wildman–Crippen MR) is 128 cm³/mol. The molecule has 164 valence electrons. The lowest BCUT2D eigenvalue weighted by Crippen LogP contribution is -2.52. The van der Waals surface area contributed by atoms with Crippen molar-refractivity contribution in [3.8, 4) is 0 Å². The average molecular weight is 519 g/mol. The van der Waals surface area contributed by atoms with Crippen molar-refractivity contribution in [3.63, 3.8) is 0 Å². The molecule has 8 heteroatoms. The van der Waals surface area contributed by atoms with Crippen molar-refractivity contribution >= 4 is 35.6 Å². The Morgan fingerprint density at radius 1 is 1.10 bits per heavy atom. The number of guanidine groups is 1. The second-order valence-electron chi connectivity index (χ2n) is 7.66. The summed E-state index contributed by atoms with van der Waals surface area (Å²) in [7, 11) is 0. The van der Waals surface area contributed by atoms with Crippen LogP contribution in [0.4, 0.5) is 10.1 Å². The van der Waals surface area contributed by atoms with Gasteiger partial charge < -0.3 is 19.9 Å². The van der Waals surface area contributed by atoms with Crippen LogP contribution in [0.25, 0.3) is 0 Å². The van der Waals surface area contributed by atoms with Crippen LogP contribution in [0.3, 0.4) is 0 Å². The van der Waals surface area contributed by atoms with Crippen molar-refractivity contribution in [3.05, 3.63) is 30.1 Å². The van der Waals surface area contributed by atoms with Gasteiger partial charge in [-0.1, -0.05) is 6.92 Å². The fraction of sp³-hybridized carbons (Fsp3) is 0.667. The number of piperazine rings is 1. The van der Waals surface area contributed by atoms with Crippen LogP contribution in [0, 0.1) is 11.7 Å². The highest BCUT2D eigenvalue weighted by Gasteiger charge is 2.20. The molecule has 2 saturated heterocycles. The van der Waals surface area contributed by atoms with E-state index < -0.39 is 0 Å². The van der Waals surface area contributed by atoms with E-state index in [-0.39, 0.29) is 29.8 Å². The quantitative estimate of drug-likeness (QED) is 0.356. The zero-order chi connectivity index (χ0) is 19.8. The Balaban J connectivity index is 0.00000300. The predicted octanol–water partition coefficient (Wildman–Crippen LogP) is 2.50. The van der Waals surface area contributed by atoms with Gasteiger partial charge in [-0.3, -0.25) is 9.89 Å². The van der Waals surface area contributed by atoms with E-state index in [0.717, 1.165) is 83.8 Å². The van der Waals surface area contributed by atoms with Crippen molar-refractivity contribution in [2.45, 2.75) is 13.8 Å². The Bertz CT molecular complexity index is 616. The molecule has 1 aromatic carbocycles. The minimum atomic E-state index is -0.185. The molecule has 2 fully saturated rings. The summed E-state index contributed by atoms with van der Waals surface area (Å²) in [6.07, 6.45) is 0. The van der Waals surface area contributed by atoms with Gasteiger partial charge in [0.25, 0.3) is 0 Å². The van der Waals surface area contributed by atoms with Crippen molar-refractivity contribution in [1.29, 1.82) is 0 Å². The van der Waals surface area contributed by atoms with E-state index in [4.69, 9.17) is 9.73 Å². The van der Waals surface area contributed by atoms with Gasteiger partial charge in [0.2, 0.25) is 0 Å². The summed E-state index contributed by atoms with van der Waals surface area (Å²) in [5.74, 6) is 1.34. The highest BCUT2D eigenvalue weighted by atomic mass is 127. The van der Waals surface area contributed by atoms with E-state index in [1.165, 1.54) is 12.1 Å². The fourth-order valence-corrected chi connectivity index (χ4v) is 3.78. The smallest absolute Gasteiger partial charge is 0.194 e. The van der Waals surface area contributed by atoms with Crippen LogP contribution < -0.4 is 10.2 Å². The molecule has 0 saturated carbocycles. The van der Waals surface area contributed by atoms with E-state index in [1.807, 2.05) is 12.1 Å². The van der Waals surface area contributed by atoms with Crippen LogP contribution in [0.1, 0.15) is 13.8 Å². The highest BCUT2D eigenvalue weighted by Crippen LogP contribution is 2.17. The Morgan fingerprint density at radius 3 is 2.38 bits per heavy atom. The zero-order valence-corrected chi connectivity index (χ0v) is 20.0. The van der Waals surface area contributed by atoms with Crippen LogP contribution in [-0.2, 0) is 4.74 Å². The number of ether oxygens (including phenoxy) is 1. The summed E-state index contributed by atoms with van der Waals surface area (Å²) in [5.41, 5.74) is 1.09. The summed E-state index contributed by atoms with van der Waals surface area (Å²) in [6.45, 7) is 14.6. The first kappa shape index (κ1) is 24.1. The van der Waals surface area contributed by atoms with E-state index in [2.05, 4.69) is 33.9 Å². The lowest BCUT2D eigenvalue weighted by molar-refractivity contribution is 0.0323. The molecule has 0 bridgehead atoms. The van der Waals surface area contributed by atoms with E-state index >= 15 is 0 Å². The van der Waals surface area contributed by atoms with Crippen molar-refractivity contribution < 1.29 is 9.13 Å². The number of aliphatic imine (C=N–C) groups is 1. The van der Waals surface area contributed by atoms with Gasteiger partial charge in [-0.05, 0) is 37.1 Å². The number of hydrogen-bond donors (Lipinski definition) is 1. The van der Waals surface area contributed by atoms with Gasteiger partial charge in [-0.25, -0.2) is 4.39 Å². The Kier molecular flexibility index (Phi) is 10.4. The summed E-state index contributed by atoms with van der Waals surface area (Å²) >= 11 is 0. The lowest BCUT2D eigenvalue weighted by atomic mass is 10.1. The van der Waals surface area contributed by atoms with Crippen molar-refractivity contribution in [1.82, 2.24) is 15.1 Å². The standard InChI is InChI=1S/C21H34FN5O.HI/c1-3-23-21(24-16-18(2)17-25-12-14-28-15-13-25)27-10-8-26(9-11-27)20-6-4-19(22)5-7-20;/h4-7,18H,3,8-17H2,1-2H3,(H,23,24);1H. The monoisotopic (exact) mass is 519 g/mol. The summed E-state index contributed by atoms with van der Waals surface area (Å²) in [4.78, 5) is 12.0. The molecule has 0 aromatic heterocycles. The maximum absolute atomic E-state index is 13.1. The van der Waals surface area contributed by atoms with Crippen LogP contribution in [0.2, 0.25) is 0 Å². The number of rotatable bonds is 6. The van der Waals surface area contributed by atoms with Crippen LogP contribution in [0.5, 0.6) is 0 Å². The van der Waals surface area contributed by atoms with Gasteiger partial charge >= 0.3 is 0 Å². The first-order valence-corrected chi connectivity index (χ1v) is 10.5. The number of halogens is 2. The topological polar surface area (TPSA) is 43.3 Å². The lowest BCUT2D eigenvalue weighted by Gasteiger charge is -2.38. The maximum atomic E-state index is 13.1. The Hall–Kier alpha value is -1.13. The van der Waals surface area contributed by atoms with Crippen molar-refractivity contribution in [2.75, 3.05) is 77.0 Å². The zero-order valence-electron chi connectivity index (χ0n) is 17.6. The number of hydrogen-bond acceptors (Lipinski definition) is 4. The molecule has 3 rings (SSSR count).